The van der Waals surface area contributed by atoms with Crippen LogP contribution in [0.2, 0.25) is 0 Å². The Morgan fingerprint density at radius 3 is 2.43 bits per heavy atom. The summed E-state index contributed by atoms with van der Waals surface area (Å²) in [5.41, 5.74) is 1.25. The predicted molar refractivity (Wildman–Crippen MR) is 133 cm³/mol. The highest BCUT2D eigenvalue weighted by Crippen LogP contribution is 2.12. The third kappa shape index (κ3) is 7.62. The third-order valence-electron chi connectivity index (χ3n) is 4.85. The van der Waals surface area contributed by atoms with Crippen molar-refractivity contribution >= 4 is 35.9 Å². The first-order valence-corrected chi connectivity index (χ1v) is 10.5. The number of aryl methyl sites for hydroxylation is 1. The van der Waals surface area contributed by atoms with E-state index in [0.717, 1.165) is 76.4 Å². The lowest BCUT2D eigenvalue weighted by atomic mass is 10.2. The molecule has 1 aromatic heterocycles. The second-order valence-electron chi connectivity index (χ2n) is 7.13. The van der Waals surface area contributed by atoms with Gasteiger partial charge >= 0.3 is 0 Å². The molecular weight excluding hydrogens is 491 g/mol. The van der Waals surface area contributed by atoms with Gasteiger partial charge in [-0.2, -0.15) is 0 Å². The molecule has 0 bridgehead atoms. The van der Waals surface area contributed by atoms with E-state index in [2.05, 4.69) is 51.1 Å². The molecule has 0 spiro atoms. The molecule has 0 amide bonds. The van der Waals surface area contributed by atoms with Crippen molar-refractivity contribution < 1.29 is 4.74 Å². The topological polar surface area (TPSA) is 65.9 Å². The molecule has 1 aromatic carbocycles. The average molecular weight is 524 g/mol. The van der Waals surface area contributed by atoms with Gasteiger partial charge in [0.25, 0.3) is 0 Å². The van der Waals surface area contributed by atoms with Crippen LogP contribution in [0.5, 0.6) is 5.75 Å². The number of hydrogen-bond donors (Lipinski definition) is 1. The van der Waals surface area contributed by atoms with E-state index in [-0.39, 0.29) is 24.0 Å². The molecule has 1 saturated heterocycles. The predicted octanol–water partition coefficient (Wildman–Crippen LogP) is 3.35. The Kier molecular flexibility index (Phi) is 10.7. The van der Waals surface area contributed by atoms with Crippen molar-refractivity contribution in [2.45, 2.75) is 26.7 Å². The molecule has 8 heteroatoms. The van der Waals surface area contributed by atoms with E-state index in [4.69, 9.17) is 9.73 Å². The first-order chi connectivity index (χ1) is 14.3. The van der Waals surface area contributed by atoms with E-state index in [0.29, 0.717) is 0 Å². The van der Waals surface area contributed by atoms with E-state index in [1.54, 1.807) is 12.4 Å². The van der Waals surface area contributed by atoms with E-state index in [9.17, 15) is 0 Å². The average Bonchev–Trinajstić information content (AvgIpc) is 2.77. The number of ether oxygens (including phenoxy) is 1. The Morgan fingerprint density at radius 1 is 1.07 bits per heavy atom. The summed E-state index contributed by atoms with van der Waals surface area (Å²) in [6.07, 6.45) is 5.60. The molecule has 164 valence electrons. The minimum absolute atomic E-state index is 0. The van der Waals surface area contributed by atoms with Gasteiger partial charge in [0.1, 0.15) is 5.75 Å². The van der Waals surface area contributed by atoms with Gasteiger partial charge in [-0.1, -0.05) is 17.7 Å². The van der Waals surface area contributed by atoms with Crippen LogP contribution in [0.4, 0.5) is 5.95 Å². The highest BCUT2D eigenvalue weighted by Gasteiger charge is 2.20. The van der Waals surface area contributed by atoms with Crippen molar-refractivity contribution in [1.82, 2.24) is 20.2 Å². The molecule has 1 aliphatic rings. The molecular formula is C22H33IN6O. The minimum atomic E-state index is 0. The summed E-state index contributed by atoms with van der Waals surface area (Å²) in [5.74, 6) is 2.75. The fourth-order valence-electron chi connectivity index (χ4n) is 3.22. The molecule has 3 rings (SSSR count). The fraction of sp³-hybridized carbons (Fsp3) is 0.500. The monoisotopic (exact) mass is 524 g/mol. The van der Waals surface area contributed by atoms with Crippen LogP contribution < -0.4 is 15.0 Å². The molecule has 1 N–H and O–H groups in total. The molecule has 0 aliphatic carbocycles. The first-order valence-electron chi connectivity index (χ1n) is 10.5. The number of aliphatic imine (C=N–C) groups is 1. The number of benzene rings is 1. The molecule has 1 aliphatic heterocycles. The van der Waals surface area contributed by atoms with Gasteiger partial charge in [-0.3, -0.25) is 4.99 Å². The van der Waals surface area contributed by atoms with Crippen LogP contribution >= 0.6 is 24.0 Å². The van der Waals surface area contributed by atoms with Gasteiger partial charge in [0, 0.05) is 51.7 Å². The zero-order valence-corrected chi connectivity index (χ0v) is 20.3. The van der Waals surface area contributed by atoms with Crippen LogP contribution in [-0.2, 0) is 0 Å². The summed E-state index contributed by atoms with van der Waals surface area (Å²) in [4.78, 5) is 18.1. The van der Waals surface area contributed by atoms with Crippen LogP contribution in [-0.4, -0.2) is 66.7 Å². The molecule has 30 heavy (non-hydrogen) atoms. The fourth-order valence-corrected chi connectivity index (χ4v) is 3.22. The molecule has 0 saturated carbocycles. The third-order valence-corrected chi connectivity index (χ3v) is 4.85. The Bertz CT molecular complexity index is 748. The lowest BCUT2D eigenvalue weighted by Crippen LogP contribution is -2.53. The summed E-state index contributed by atoms with van der Waals surface area (Å²) in [5, 5.41) is 3.42. The lowest BCUT2D eigenvalue weighted by molar-refractivity contribution is 0.307. The molecule has 0 unspecified atom stereocenters. The normalized spacial score (nSPS) is 14.3. The highest BCUT2D eigenvalue weighted by molar-refractivity contribution is 14.0. The van der Waals surface area contributed by atoms with Gasteiger partial charge in [-0.05, 0) is 44.9 Å². The number of anilines is 1. The van der Waals surface area contributed by atoms with Gasteiger partial charge in [-0.25, -0.2) is 9.97 Å². The van der Waals surface area contributed by atoms with Gasteiger partial charge in [0.2, 0.25) is 5.95 Å². The van der Waals surface area contributed by atoms with Crippen LogP contribution in [0.25, 0.3) is 0 Å². The summed E-state index contributed by atoms with van der Waals surface area (Å²) in [7, 11) is 0. The van der Waals surface area contributed by atoms with Crippen molar-refractivity contribution in [1.29, 1.82) is 0 Å². The summed E-state index contributed by atoms with van der Waals surface area (Å²) in [6.45, 7) is 10.2. The Labute approximate surface area is 197 Å². The van der Waals surface area contributed by atoms with Crippen LogP contribution in [0.1, 0.15) is 25.3 Å². The number of nitrogens with one attached hydrogen (secondary N) is 1. The maximum Gasteiger partial charge on any atom is 0.225 e. The van der Waals surface area contributed by atoms with Gasteiger partial charge < -0.3 is 19.9 Å². The van der Waals surface area contributed by atoms with Crippen molar-refractivity contribution in [3.05, 3.63) is 48.3 Å². The second kappa shape index (κ2) is 13.3. The van der Waals surface area contributed by atoms with E-state index in [1.807, 2.05) is 18.2 Å². The largest absolute Gasteiger partial charge is 0.494 e. The van der Waals surface area contributed by atoms with E-state index < -0.39 is 0 Å². The lowest BCUT2D eigenvalue weighted by Gasteiger charge is -2.36. The SMILES string of the molecule is CCNC(=NCCCCOc1ccc(C)cc1)N1CCN(c2ncccn2)CC1.I. The molecule has 7 nitrogen and oxygen atoms in total. The van der Waals surface area contributed by atoms with Crippen molar-refractivity contribution in [2.24, 2.45) is 4.99 Å². The van der Waals surface area contributed by atoms with Gasteiger partial charge in [-0.15, -0.1) is 24.0 Å². The maximum atomic E-state index is 5.79. The summed E-state index contributed by atoms with van der Waals surface area (Å²) in [6, 6.07) is 10.0. The molecule has 2 heterocycles. The van der Waals surface area contributed by atoms with Gasteiger partial charge in [0.05, 0.1) is 6.61 Å². The van der Waals surface area contributed by atoms with Gasteiger partial charge in [0.15, 0.2) is 5.96 Å². The van der Waals surface area contributed by atoms with Crippen LogP contribution in [0, 0.1) is 6.92 Å². The van der Waals surface area contributed by atoms with Crippen LogP contribution in [0.3, 0.4) is 0 Å². The summed E-state index contributed by atoms with van der Waals surface area (Å²) >= 11 is 0. The number of hydrogen-bond acceptors (Lipinski definition) is 5. The van der Waals surface area contributed by atoms with Crippen LogP contribution in [0.15, 0.2) is 47.7 Å². The quantitative estimate of drug-likeness (QED) is 0.247. The number of rotatable bonds is 8. The Balaban J connectivity index is 0.00000320. The Morgan fingerprint density at radius 2 is 1.77 bits per heavy atom. The van der Waals surface area contributed by atoms with E-state index >= 15 is 0 Å². The molecule has 2 aromatic rings. The zero-order valence-electron chi connectivity index (χ0n) is 18.0. The minimum Gasteiger partial charge on any atom is -0.494 e. The first kappa shape index (κ1) is 24.2. The number of nitrogens with zero attached hydrogens (tertiary/aromatic N) is 5. The number of guanidine groups is 1. The number of halogens is 1. The van der Waals surface area contributed by atoms with Crippen molar-refractivity contribution in [2.75, 3.05) is 50.8 Å². The number of piperazine rings is 1. The van der Waals surface area contributed by atoms with Crippen molar-refractivity contribution in [3.8, 4) is 5.75 Å². The smallest absolute Gasteiger partial charge is 0.225 e. The molecule has 0 radical (unpaired) electrons. The Hall–Kier alpha value is -2.10. The number of aromatic nitrogens is 2. The standard InChI is InChI=1S/C22H32N6O.HI/c1-3-23-21(24-11-4-5-18-29-20-9-7-19(2)8-10-20)27-14-16-28(17-15-27)22-25-12-6-13-26-22;/h6-10,12-13H,3-5,11,14-18H2,1-2H3,(H,23,24);1H. The molecule has 0 atom stereocenters. The highest BCUT2D eigenvalue weighted by atomic mass is 127. The number of unbranched alkanes of at least 4 members (excludes halogenated alkanes) is 1. The van der Waals surface area contributed by atoms with E-state index in [1.165, 1.54) is 5.56 Å². The zero-order chi connectivity index (χ0) is 20.3. The maximum absolute atomic E-state index is 5.79. The second-order valence-corrected chi connectivity index (χ2v) is 7.13. The molecule has 1 fully saturated rings. The summed E-state index contributed by atoms with van der Waals surface area (Å²) < 4.78 is 5.79. The van der Waals surface area contributed by atoms with Crippen molar-refractivity contribution in [3.63, 3.8) is 0 Å².